The topological polar surface area (TPSA) is 109 Å². The number of aliphatic carboxylic acids is 1. The van der Waals surface area contributed by atoms with Crippen LogP contribution in [0.5, 0.6) is 0 Å². The van der Waals surface area contributed by atoms with Gasteiger partial charge in [-0.1, -0.05) is 12.1 Å². The number of primary sulfonamides is 1. The third kappa shape index (κ3) is 5.02. The standard InChI is InChI=1S/C14H12I2N2O4S/c15-11-6-10(23(17,21)22)7-12(16)14(11)18-9-3-1-8(2-4-9)5-13(19)20/h1-4,6-7,18H,5H2,(H,19,20)(H2,17,21,22). The van der Waals surface area contributed by atoms with Crippen molar-refractivity contribution in [1.29, 1.82) is 0 Å². The molecule has 0 spiro atoms. The first kappa shape index (κ1) is 18.4. The van der Waals surface area contributed by atoms with Gasteiger partial charge in [-0.05, 0) is 75.0 Å². The maximum Gasteiger partial charge on any atom is 0.307 e. The van der Waals surface area contributed by atoms with Gasteiger partial charge in [0.2, 0.25) is 10.0 Å². The number of anilines is 2. The number of rotatable bonds is 5. The van der Waals surface area contributed by atoms with Crippen molar-refractivity contribution in [3.05, 3.63) is 49.1 Å². The number of hydrogen-bond acceptors (Lipinski definition) is 4. The van der Waals surface area contributed by atoms with E-state index in [2.05, 4.69) is 5.32 Å². The van der Waals surface area contributed by atoms with E-state index >= 15 is 0 Å². The number of hydrogen-bond donors (Lipinski definition) is 3. The number of sulfonamides is 1. The average molecular weight is 558 g/mol. The molecule has 0 aliphatic rings. The molecule has 122 valence electrons. The molecule has 6 nitrogen and oxygen atoms in total. The van der Waals surface area contributed by atoms with Crippen molar-refractivity contribution in [3.63, 3.8) is 0 Å². The number of halogens is 2. The number of nitrogens with one attached hydrogen (secondary N) is 1. The molecule has 0 bridgehead atoms. The van der Waals surface area contributed by atoms with Crippen LogP contribution in [0.4, 0.5) is 11.4 Å². The summed E-state index contributed by atoms with van der Waals surface area (Å²) < 4.78 is 24.3. The Kier molecular flexibility index (Phi) is 5.86. The van der Waals surface area contributed by atoms with Crippen molar-refractivity contribution in [2.45, 2.75) is 11.3 Å². The van der Waals surface area contributed by atoms with Crippen molar-refractivity contribution in [3.8, 4) is 0 Å². The lowest BCUT2D eigenvalue weighted by Gasteiger charge is -2.13. The second-order valence-electron chi connectivity index (χ2n) is 4.70. The normalized spacial score (nSPS) is 11.3. The number of carbonyl (C=O) groups is 1. The highest BCUT2D eigenvalue weighted by Gasteiger charge is 2.14. The van der Waals surface area contributed by atoms with Crippen LogP contribution in [0.25, 0.3) is 0 Å². The molecule has 0 atom stereocenters. The van der Waals surface area contributed by atoms with Crippen molar-refractivity contribution < 1.29 is 18.3 Å². The monoisotopic (exact) mass is 558 g/mol. The van der Waals surface area contributed by atoms with Gasteiger partial charge in [-0.25, -0.2) is 13.6 Å². The molecule has 2 rings (SSSR count). The summed E-state index contributed by atoms with van der Waals surface area (Å²) in [6.07, 6.45) is -0.0294. The number of benzene rings is 2. The van der Waals surface area contributed by atoms with Gasteiger partial charge in [0.25, 0.3) is 0 Å². The van der Waals surface area contributed by atoms with E-state index in [4.69, 9.17) is 10.2 Å². The van der Waals surface area contributed by atoms with E-state index in [9.17, 15) is 13.2 Å². The van der Waals surface area contributed by atoms with E-state index in [1.54, 1.807) is 24.3 Å². The van der Waals surface area contributed by atoms with Crippen molar-refractivity contribution in [2.24, 2.45) is 5.14 Å². The molecule has 23 heavy (non-hydrogen) atoms. The van der Waals surface area contributed by atoms with E-state index < -0.39 is 16.0 Å². The van der Waals surface area contributed by atoms with E-state index in [1.807, 2.05) is 45.2 Å². The highest BCUT2D eigenvalue weighted by molar-refractivity contribution is 14.1. The third-order valence-corrected chi connectivity index (χ3v) is 5.52. The van der Waals surface area contributed by atoms with Gasteiger partial charge in [0.15, 0.2) is 0 Å². The highest BCUT2D eigenvalue weighted by atomic mass is 127. The number of carboxylic acids is 1. The molecule has 0 amide bonds. The van der Waals surface area contributed by atoms with Crippen LogP contribution in [0.15, 0.2) is 41.3 Å². The largest absolute Gasteiger partial charge is 0.481 e. The summed E-state index contributed by atoms with van der Waals surface area (Å²) in [6, 6.07) is 10.0. The van der Waals surface area contributed by atoms with Gasteiger partial charge in [0, 0.05) is 12.8 Å². The maximum atomic E-state index is 11.4. The summed E-state index contributed by atoms with van der Waals surface area (Å²) in [6.45, 7) is 0. The lowest BCUT2D eigenvalue weighted by atomic mass is 10.1. The minimum Gasteiger partial charge on any atom is -0.481 e. The van der Waals surface area contributed by atoms with Crippen LogP contribution in [-0.4, -0.2) is 19.5 Å². The Hall–Kier alpha value is -0.920. The first-order valence-electron chi connectivity index (χ1n) is 6.26. The predicted molar refractivity (Wildman–Crippen MR) is 104 cm³/mol. The molecule has 0 aliphatic heterocycles. The Morgan fingerprint density at radius 2 is 1.65 bits per heavy atom. The molecule has 0 radical (unpaired) electrons. The molecular weight excluding hydrogens is 546 g/mol. The second kappa shape index (κ2) is 7.32. The van der Waals surface area contributed by atoms with Crippen molar-refractivity contribution in [1.82, 2.24) is 0 Å². The quantitative estimate of drug-likeness (QED) is 0.490. The first-order chi connectivity index (χ1) is 10.7. The van der Waals surface area contributed by atoms with E-state index in [-0.39, 0.29) is 11.3 Å². The lowest BCUT2D eigenvalue weighted by Crippen LogP contribution is -2.13. The summed E-state index contributed by atoms with van der Waals surface area (Å²) in [7, 11) is -3.75. The number of carboxylic acid groups (broad SMARTS) is 1. The van der Waals surface area contributed by atoms with Gasteiger partial charge in [-0.3, -0.25) is 4.79 Å². The molecule has 0 aromatic heterocycles. The maximum absolute atomic E-state index is 11.4. The third-order valence-electron chi connectivity index (χ3n) is 2.92. The van der Waals surface area contributed by atoms with E-state index in [0.29, 0.717) is 12.7 Å². The molecule has 0 saturated carbocycles. The molecule has 0 aliphatic carbocycles. The SMILES string of the molecule is NS(=O)(=O)c1cc(I)c(Nc2ccc(CC(=O)O)cc2)c(I)c1. The predicted octanol–water partition coefficient (Wildman–Crippen LogP) is 2.91. The minimum atomic E-state index is -3.75. The Bertz CT molecular complexity index is 829. The lowest BCUT2D eigenvalue weighted by molar-refractivity contribution is -0.136. The number of nitrogens with two attached hydrogens (primary N) is 1. The Morgan fingerprint density at radius 3 is 2.09 bits per heavy atom. The van der Waals surface area contributed by atoms with Gasteiger partial charge in [-0.15, -0.1) is 0 Å². The van der Waals surface area contributed by atoms with Gasteiger partial charge in [0.05, 0.1) is 17.0 Å². The fraction of sp³-hybridized carbons (Fsp3) is 0.0714. The Morgan fingerprint density at radius 1 is 1.13 bits per heavy atom. The summed E-state index contributed by atoms with van der Waals surface area (Å²) >= 11 is 4.07. The second-order valence-corrected chi connectivity index (χ2v) is 8.59. The highest BCUT2D eigenvalue weighted by Crippen LogP contribution is 2.30. The van der Waals surface area contributed by atoms with Crippen LogP contribution in [0.2, 0.25) is 0 Å². The van der Waals surface area contributed by atoms with Gasteiger partial charge in [-0.2, -0.15) is 0 Å². The van der Waals surface area contributed by atoms with Crippen LogP contribution >= 0.6 is 45.2 Å². The van der Waals surface area contributed by atoms with E-state index in [1.165, 1.54) is 12.1 Å². The van der Waals surface area contributed by atoms with Crippen molar-refractivity contribution in [2.75, 3.05) is 5.32 Å². The Balaban J connectivity index is 2.28. The molecular formula is C14H12I2N2O4S. The molecule has 0 saturated heterocycles. The van der Waals surface area contributed by atoms with Crippen LogP contribution in [0.1, 0.15) is 5.56 Å². The molecule has 0 unspecified atom stereocenters. The fourth-order valence-corrected chi connectivity index (χ4v) is 4.88. The fourth-order valence-electron chi connectivity index (χ4n) is 1.86. The summed E-state index contributed by atoms with van der Waals surface area (Å²) in [5.74, 6) is -0.881. The van der Waals surface area contributed by atoms with Crippen LogP contribution in [0, 0.1) is 7.14 Å². The molecule has 2 aromatic carbocycles. The molecule has 2 aromatic rings. The molecule has 0 heterocycles. The smallest absolute Gasteiger partial charge is 0.307 e. The van der Waals surface area contributed by atoms with Gasteiger partial charge < -0.3 is 10.4 Å². The summed E-state index contributed by atoms with van der Waals surface area (Å²) in [5, 5.41) is 17.1. The zero-order valence-corrected chi connectivity index (χ0v) is 16.7. The van der Waals surface area contributed by atoms with Crippen LogP contribution in [0.3, 0.4) is 0 Å². The van der Waals surface area contributed by atoms with E-state index in [0.717, 1.165) is 11.4 Å². The first-order valence-corrected chi connectivity index (χ1v) is 9.97. The summed E-state index contributed by atoms with van der Waals surface area (Å²) in [5.41, 5.74) is 2.25. The van der Waals surface area contributed by atoms with Crippen molar-refractivity contribution >= 4 is 72.5 Å². The van der Waals surface area contributed by atoms with Gasteiger partial charge >= 0.3 is 5.97 Å². The summed E-state index contributed by atoms with van der Waals surface area (Å²) in [4.78, 5) is 10.7. The minimum absolute atomic E-state index is 0.0294. The van der Waals surface area contributed by atoms with Crippen LogP contribution in [-0.2, 0) is 21.2 Å². The Labute approximate surface area is 160 Å². The molecule has 9 heteroatoms. The zero-order valence-electron chi connectivity index (χ0n) is 11.6. The molecule has 0 fully saturated rings. The molecule has 4 N–H and O–H groups in total. The zero-order chi connectivity index (χ0) is 17.2. The van der Waals surface area contributed by atoms with Crippen LogP contribution < -0.4 is 10.5 Å². The average Bonchev–Trinajstić information content (AvgIpc) is 2.42. The van der Waals surface area contributed by atoms with Gasteiger partial charge in [0.1, 0.15) is 0 Å².